The highest BCUT2D eigenvalue weighted by Gasteiger charge is 2.23. The van der Waals surface area contributed by atoms with Gasteiger partial charge in [0, 0.05) is 18.7 Å². The van der Waals surface area contributed by atoms with E-state index in [1.165, 1.54) is 12.3 Å². The minimum absolute atomic E-state index is 0.0850. The van der Waals surface area contributed by atoms with Crippen LogP contribution in [0.2, 0.25) is 0 Å². The number of anilines is 1. The van der Waals surface area contributed by atoms with Crippen LogP contribution in [0.15, 0.2) is 18.5 Å². The lowest BCUT2D eigenvalue weighted by Gasteiger charge is -2.27. The monoisotopic (exact) mass is 267 g/mol. The molecule has 6 heteroatoms. The standard InChI is InChI=1S/C13H18FN3O2/c14-10-8-15-6-5-11(10)17-13(19)16-7-9-3-1-2-4-12(9)18/h5-6,8-9,12,18H,1-4,7H2,(H2,15,16,17,19)/t9-,12+/m1/s1. The van der Waals surface area contributed by atoms with Crippen LogP contribution in [0.4, 0.5) is 14.9 Å². The lowest BCUT2D eigenvalue weighted by molar-refractivity contribution is 0.0711. The molecular weight excluding hydrogens is 249 g/mol. The van der Waals surface area contributed by atoms with Crippen molar-refractivity contribution in [1.29, 1.82) is 0 Å². The van der Waals surface area contributed by atoms with E-state index in [1.54, 1.807) is 0 Å². The Morgan fingerprint density at radius 1 is 1.47 bits per heavy atom. The van der Waals surface area contributed by atoms with Gasteiger partial charge in [0.05, 0.1) is 18.0 Å². The zero-order valence-corrected chi connectivity index (χ0v) is 10.6. The van der Waals surface area contributed by atoms with Crippen molar-refractivity contribution in [1.82, 2.24) is 10.3 Å². The topological polar surface area (TPSA) is 74.2 Å². The van der Waals surface area contributed by atoms with E-state index in [0.29, 0.717) is 6.54 Å². The third-order valence-electron chi connectivity index (χ3n) is 3.41. The zero-order valence-electron chi connectivity index (χ0n) is 10.6. The maximum absolute atomic E-state index is 13.3. The van der Waals surface area contributed by atoms with Crippen molar-refractivity contribution in [3.05, 3.63) is 24.3 Å². The SMILES string of the molecule is O=C(NC[C@H]1CCCC[C@@H]1O)Nc1ccncc1F. The molecule has 1 aromatic rings. The molecule has 1 heterocycles. The average Bonchev–Trinajstić information content (AvgIpc) is 2.40. The molecule has 1 aromatic heterocycles. The van der Waals surface area contributed by atoms with E-state index in [-0.39, 0.29) is 17.7 Å². The van der Waals surface area contributed by atoms with Crippen molar-refractivity contribution < 1.29 is 14.3 Å². The number of rotatable bonds is 3. The first-order chi connectivity index (χ1) is 9.16. The van der Waals surface area contributed by atoms with Gasteiger partial charge in [-0.25, -0.2) is 9.18 Å². The van der Waals surface area contributed by atoms with Crippen LogP contribution in [0, 0.1) is 11.7 Å². The van der Waals surface area contributed by atoms with Crippen LogP contribution in [-0.2, 0) is 0 Å². The molecule has 0 aliphatic heterocycles. The second-order valence-electron chi connectivity index (χ2n) is 4.80. The van der Waals surface area contributed by atoms with Crippen LogP contribution >= 0.6 is 0 Å². The summed E-state index contributed by atoms with van der Waals surface area (Å²) in [4.78, 5) is 15.2. The minimum Gasteiger partial charge on any atom is -0.393 e. The van der Waals surface area contributed by atoms with Gasteiger partial charge in [0.25, 0.3) is 0 Å². The van der Waals surface area contributed by atoms with Crippen molar-refractivity contribution in [2.45, 2.75) is 31.8 Å². The highest BCUT2D eigenvalue weighted by Crippen LogP contribution is 2.23. The fourth-order valence-corrected chi connectivity index (χ4v) is 2.29. The van der Waals surface area contributed by atoms with E-state index >= 15 is 0 Å². The molecule has 0 spiro atoms. The van der Waals surface area contributed by atoms with E-state index in [0.717, 1.165) is 31.9 Å². The molecule has 0 radical (unpaired) electrons. The fourth-order valence-electron chi connectivity index (χ4n) is 2.29. The quantitative estimate of drug-likeness (QED) is 0.783. The average molecular weight is 267 g/mol. The van der Waals surface area contributed by atoms with Crippen molar-refractivity contribution in [2.75, 3.05) is 11.9 Å². The maximum Gasteiger partial charge on any atom is 0.319 e. The first kappa shape index (κ1) is 13.7. The summed E-state index contributed by atoms with van der Waals surface area (Å²) in [5.74, 6) is -0.489. The molecule has 0 bridgehead atoms. The maximum atomic E-state index is 13.3. The van der Waals surface area contributed by atoms with Gasteiger partial charge in [-0.1, -0.05) is 12.8 Å². The van der Waals surface area contributed by atoms with Gasteiger partial charge in [-0.3, -0.25) is 4.98 Å². The van der Waals surface area contributed by atoms with Gasteiger partial charge in [0.15, 0.2) is 5.82 Å². The Balaban J connectivity index is 1.80. The molecule has 3 N–H and O–H groups in total. The van der Waals surface area contributed by atoms with Gasteiger partial charge in [-0.2, -0.15) is 0 Å². The van der Waals surface area contributed by atoms with Gasteiger partial charge in [-0.05, 0) is 18.9 Å². The second-order valence-corrected chi connectivity index (χ2v) is 4.80. The number of aromatic nitrogens is 1. The lowest BCUT2D eigenvalue weighted by Crippen LogP contribution is -2.38. The molecule has 2 amide bonds. The van der Waals surface area contributed by atoms with Gasteiger partial charge in [0.2, 0.25) is 0 Å². The Hall–Kier alpha value is -1.69. The molecule has 1 fully saturated rings. The predicted octanol–water partition coefficient (Wildman–Crippen LogP) is 1.89. The molecule has 104 valence electrons. The van der Waals surface area contributed by atoms with Crippen molar-refractivity contribution >= 4 is 11.7 Å². The van der Waals surface area contributed by atoms with E-state index in [2.05, 4.69) is 15.6 Å². The Bertz CT molecular complexity index is 442. The molecule has 1 saturated carbocycles. The van der Waals surface area contributed by atoms with Crippen LogP contribution in [-0.4, -0.2) is 28.8 Å². The van der Waals surface area contributed by atoms with E-state index in [1.807, 2.05) is 0 Å². The number of urea groups is 1. The molecular formula is C13H18FN3O2. The summed E-state index contributed by atoms with van der Waals surface area (Å²) >= 11 is 0. The molecule has 0 aromatic carbocycles. The summed E-state index contributed by atoms with van der Waals surface area (Å²) in [6.07, 6.45) is 5.89. The van der Waals surface area contributed by atoms with Crippen molar-refractivity contribution in [2.24, 2.45) is 5.92 Å². The Kier molecular flexibility index (Phi) is 4.68. The number of aliphatic hydroxyl groups excluding tert-OH is 1. The van der Waals surface area contributed by atoms with E-state index < -0.39 is 11.8 Å². The first-order valence-corrected chi connectivity index (χ1v) is 6.49. The number of pyridine rings is 1. The Labute approximate surface area is 111 Å². The number of hydrogen-bond acceptors (Lipinski definition) is 3. The summed E-state index contributed by atoms with van der Waals surface area (Å²) in [7, 11) is 0. The number of halogens is 1. The normalized spacial score (nSPS) is 22.8. The van der Waals surface area contributed by atoms with Gasteiger partial charge < -0.3 is 15.7 Å². The Morgan fingerprint density at radius 3 is 3.00 bits per heavy atom. The molecule has 19 heavy (non-hydrogen) atoms. The number of carbonyl (C=O) groups is 1. The third-order valence-corrected chi connectivity index (χ3v) is 3.41. The van der Waals surface area contributed by atoms with E-state index in [4.69, 9.17) is 0 Å². The van der Waals surface area contributed by atoms with Crippen LogP contribution < -0.4 is 10.6 Å². The lowest BCUT2D eigenvalue weighted by atomic mass is 9.86. The number of hydrogen-bond donors (Lipinski definition) is 3. The number of carbonyl (C=O) groups excluding carboxylic acids is 1. The van der Waals surface area contributed by atoms with Crippen molar-refractivity contribution in [3.8, 4) is 0 Å². The van der Waals surface area contributed by atoms with Gasteiger partial charge in [-0.15, -0.1) is 0 Å². The zero-order chi connectivity index (χ0) is 13.7. The summed E-state index contributed by atoms with van der Waals surface area (Å²) in [5, 5.41) is 14.9. The Morgan fingerprint density at radius 2 is 2.26 bits per heavy atom. The van der Waals surface area contributed by atoms with Crippen LogP contribution in [0.25, 0.3) is 0 Å². The summed E-state index contributed by atoms with van der Waals surface area (Å²) < 4.78 is 13.3. The predicted molar refractivity (Wildman–Crippen MR) is 69.2 cm³/mol. The van der Waals surface area contributed by atoms with Gasteiger partial charge in [0.1, 0.15) is 0 Å². The van der Waals surface area contributed by atoms with Crippen LogP contribution in [0.1, 0.15) is 25.7 Å². The third kappa shape index (κ3) is 3.89. The molecule has 2 atom stereocenters. The van der Waals surface area contributed by atoms with E-state index in [9.17, 15) is 14.3 Å². The summed E-state index contributed by atoms with van der Waals surface area (Å²) in [5.41, 5.74) is 0.0942. The van der Waals surface area contributed by atoms with Crippen molar-refractivity contribution in [3.63, 3.8) is 0 Å². The largest absolute Gasteiger partial charge is 0.393 e. The molecule has 0 unspecified atom stereocenters. The van der Waals surface area contributed by atoms with Crippen LogP contribution in [0.5, 0.6) is 0 Å². The highest BCUT2D eigenvalue weighted by molar-refractivity contribution is 5.89. The fraction of sp³-hybridized carbons (Fsp3) is 0.538. The summed E-state index contributed by atoms with van der Waals surface area (Å²) in [6.45, 7) is 0.402. The van der Waals surface area contributed by atoms with Crippen LogP contribution in [0.3, 0.4) is 0 Å². The first-order valence-electron chi connectivity index (χ1n) is 6.49. The second kappa shape index (κ2) is 6.47. The summed E-state index contributed by atoms with van der Waals surface area (Å²) in [6, 6.07) is 0.924. The number of aliphatic hydroxyl groups is 1. The molecule has 1 aliphatic carbocycles. The smallest absolute Gasteiger partial charge is 0.319 e. The highest BCUT2D eigenvalue weighted by atomic mass is 19.1. The number of nitrogens with one attached hydrogen (secondary N) is 2. The molecule has 0 saturated heterocycles. The number of nitrogens with zero attached hydrogens (tertiary/aromatic N) is 1. The molecule has 1 aliphatic rings. The molecule has 2 rings (SSSR count). The van der Waals surface area contributed by atoms with Gasteiger partial charge >= 0.3 is 6.03 Å². The molecule has 5 nitrogen and oxygen atoms in total. The minimum atomic E-state index is -0.574. The number of amides is 2.